The Morgan fingerprint density at radius 2 is 1.90 bits per heavy atom. The van der Waals surface area contributed by atoms with Gasteiger partial charge in [0, 0.05) is 5.57 Å². The molecule has 5 nitrogen and oxygen atoms in total. The summed E-state index contributed by atoms with van der Waals surface area (Å²) in [5.41, 5.74) is 2.20. The zero-order chi connectivity index (χ0) is 15.7. The number of amides is 1. The van der Waals surface area contributed by atoms with E-state index < -0.39 is 12.1 Å². The number of carbonyl (C=O) groups is 2. The Morgan fingerprint density at radius 3 is 2.48 bits per heavy atom. The molecule has 0 fully saturated rings. The second kappa shape index (κ2) is 8.58. The summed E-state index contributed by atoms with van der Waals surface area (Å²) in [5, 5.41) is 2.49. The van der Waals surface area contributed by atoms with Gasteiger partial charge in [-0.25, -0.2) is 9.59 Å². The highest BCUT2D eigenvalue weighted by molar-refractivity contribution is 5.86. The average Bonchev–Trinajstić information content (AvgIpc) is 2.49. The second-order valence-electron chi connectivity index (χ2n) is 4.36. The molecule has 1 rings (SSSR count). The first-order valence-electron chi connectivity index (χ1n) is 6.47. The molecule has 0 aromatic heterocycles. The number of hydrogen-bond acceptors (Lipinski definition) is 4. The van der Waals surface area contributed by atoms with Crippen molar-refractivity contribution < 1.29 is 19.1 Å². The molecule has 1 aromatic carbocycles. The van der Waals surface area contributed by atoms with Crippen molar-refractivity contribution >= 4 is 18.1 Å². The van der Waals surface area contributed by atoms with Crippen LogP contribution in [0.15, 0.2) is 43.0 Å². The predicted octanol–water partition coefficient (Wildman–Crippen LogP) is 2.68. The third-order valence-corrected chi connectivity index (χ3v) is 2.54. The van der Waals surface area contributed by atoms with Crippen LogP contribution in [0.4, 0.5) is 4.79 Å². The topological polar surface area (TPSA) is 64.6 Å². The van der Waals surface area contributed by atoms with E-state index in [-0.39, 0.29) is 19.8 Å². The van der Waals surface area contributed by atoms with Gasteiger partial charge in [-0.05, 0) is 18.1 Å². The van der Waals surface area contributed by atoms with Crippen LogP contribution in [0.3, 0.4) is 0 Å². The van der Waals surface area contributed by atoms with Crippen LogP contribution >= 0.6 is 0 Å². The summed E-state index contributed by atoms with van der Waals surface area (Å²) >= 11 is 0. The van der Waals surface area contributed by atoms with Gasteiger partial charge in [0.2, 0.25) is 0 Å². The lowest BCUT2D eigenvalue weighted by atomic mass is 10.1. The van der Waals surface area contributed by atoms with Gasteiger partial charge in [0.25, 0.3) is 0 Å². The molecule has 0 bridgehead atoms. The first-order valence-corrected chi connectivity index (χ1v) is 6.47. The number of nitrogens with one attached hydrogen (secondary N) is 1. The van der Waals surface area contributed by atoms with Crippen LogP contribution in [-0.4, -0.2) is 25.2 Å². The third-order valence-electron chi connectivity index (χ3n) is 2.54. The molecule has 0 radical (unpaired) electrons. The highest BCUT2D eigenvalue weighted by atomic mass is 16.6. The third kappa shape index (κ3) is 6.42. The van der Waals surface area contributed by atoms with E-state index in [0.29, 0.717) is 5.57 Å². The SMILES string of the molecule is C=Cc1ccc(COC(=O)NCCOC(=O)C(=C)C)cc1. The molecule has 0 saturated heterocycles. The van der Waals surface area contributed by atoms with Gasteiger partial charge in [-0.3, -0.25) is 0 Å². The first kappa shape index (κ1) is 16.5. The molecule has 0 aliphatic rings. The van der Waals surface area contributed by atoms with Crippen molar-refractivity contribution in [3.63, 3.8) is 0 Å². The normalized spacial score (nSPS) is 9.57. The molecule has 1 aromatic rings. The van der Waals surface area contributed by atoms with Gasteiger partial charge in [0.05, 0.1) is 6.54 Å². The lowest BCUT2D eigenvalue weighted by molar-refractivity contribution is -0.138. The molecule has 21 heavy (non-hydrogen) atoms. The van der Waals surface area contributed by atoms with Gasteiger partial charge in [-0.2, -0.15) is 0 Å². The lowest BCUT2D eigenvalue weighted by Gasteiger charge is -2.08. The van der Waals surface area contributed by atoms with Crippen molar-refractivity contribution in [1.29, 1.82) is 0 Å². The summed E-state index contributed by atoms with van der Waals surface area (Å²) in [6.07, 6.45) is 1.18. The highest BCUT2D eigenvalue weighted by Crippen LogP contribution is 2.06. The summed E-state index contributed by atoms with van der Waals surface area (Å²) in [7, 11) is 0. The van der Waals surface area contributed by atoms with E-state index in [1.54, 1.807) is 13.0 Å². The van der Waals surface area contributed by atoms with E-state index >= 15 is 0 Å². The van der Waals surface area contributed by atoms with E-state index in [1.165, 1.54) is 0 Å². The molecule has 1 N–H and O–H groups in total. The van der Waals surface area contributed by atoms with Crippen LogP contribution < -0.4 is 5.32 Å². The van der Waals surface area contributed by atoms with Crippen molar-refractivity contribution in [2.24, 2.45) is 0 Å². The van der Waals surface area contributed by atoms with E-state index in [1.807, 2.05) is 24.3 Å². The smallest absolute Gasteiger partial charge is 0.407 e. The quantitative estimate of drug-likeness (QED) is 0.476. The van der Waals surface area contributed by atoms with Gasteiger partial charge in [0.1, 0.15) is 13.2 Å². The fraction of sp³-hybridized carbons (Fsp3) is 0.250. The maximum absolute atomic E-state index is 11.4. The molecule has 0 atom stereocenters. The predicted molar refractivity (Wildman–Crippen MR) is 80.5 cm³/mol. The number of esters is 1. The standard InChI is InChI=1S/C16H19NO4/c1-4-13-5-7-14(8-6-13)11-21-16(19)17-9-10-20-15(18)12(2)3/h4-8H,1-2,9-11H2,3H3,(H,17,19). The highest BCUT2D eigenvalue weighted by Gasteiger charge is 2.05. The van der Waals surface area contributed by atoms with E-state index in [2.05, 4.69) is 18.5 Å². The Balaban J connectivity index is 2.20. The molecule has 5 heteroatoms. The van der Waals surface area contributed by atoms with Crippen LogP contribution in [0.5, 0.6) is 0 Å². The molecule has 0 heterocycles. The number of carbonyl (C=O) groups excluding carboxylic acids is 2. The van der Waals surface area contributed by atoms with Crippen molar-refractivity contribution in [3.8, 4) is 0 Å². The van der Waals surface area contributed by atoms with Crippen molar-refractivity contribution in [2.75, 3.05) is 13.2 Å². The molecular formula is C16H19NO4. The minimum absolute atomic E-state index is 0.0782. The van der Waals surface area contributed by atoms with Gasteiger partial charge in [0.15, 0.2) is 0 Å². The Morgan fingerprint density at radius 1 is 1.24 bits per heavy atom. The lowest BCUT2D eigenvalue weighted by Crippen LogP contribution is -2.28. The molecule has 112 valence electrons. The van der Waals surface area contributed by atoms with Crippen LogP contribution in [0.25, 0.3) is 6.08 Å². The number of hydrogen-bond donors (Lipinski definition) is 1. The first-order chi connectivity index (χ1) is 10.0. The largest absolute Gasteiger partial charge is 0.460 e. The van der Waals surface area contributed by atoms with Gasteiger partial charge in [-0.15, -0.1) is 0 Å². The number of alkyl carbamates (subject to hydrolysis) is 1. The minimum Gasteiger partial charge on any atom is -0.460 e. The Bertz CT molecular complexity index is 520. The second-order valence-corrected chi connectivity index (χ2v) is 4.36. The molecule has 0 aliphatic carbocycles. The molecule has 0 aliphatic heterocycles. The number of rotatable bonds is 7. The Hall–Kier alpha value is -2.56. The fourth-order valence-electron chi connectivity index (χ4n) is 1.37. The van der Waals surface area contributed by atoms with Gasteiger partial charge < -0.3 is 14.8 Å². The van der Waals surface area contributed by atoms with Crippen LogP contribution in [0.2, 0.25) is 0 Å². The molecule has 0 saturated carbocycles. The summed E-state index contributed by atoms with van der Waals surface area (Å²) in [6, 6.07) is 7.50. The van der Waals surface area contributed by atoms with E-state index in [9.17, 15) is 9.59 Å². The molecule has 1 amide bonds. The van der Waals surface area contributed by atoms with Gasteiger partial charge in [-0.1, -0.05) is 43.5 Å². The maximum atomic E-state index is 11.4. The summed E-state index contributed by atoms with van der Waals surface area (Å²) < 4.78 is 9.85. The van der Waals surface area contributed by atoms with Crippen molar-refractivity contribution in [3.05, 3.63) is 54.1 Å². The van der Waals surface area contributed by atoms with Crippen LogP contribution in [0, 0.1) is 0 Å². The van der Waals surface area contributed by atoms with Crippen molar-refractivity contribution in [2.45, 2.75) is 13.5 Å². The molecule has 0 unspecified atom stereocenters. The zero-order valence-electron chi connectivity index (χ0n) is 12.1. The van der Waals surface area contributed by atoms with Gasteiger partial charge >= 0.3 is 12.1 Å². The van der Waals surface area contributed by atoms with E-state index in [4.69, 9.17) is 9.47 Å². The van der Waals surface area contributed by atoms with Crippen LogP contribution in [-0.2, 0) is 20.9 Å². The maximum Gasteiger partial charge on any atom is 0.407 e. The number of benzene rings is 1. The van der Waals surface area contributed by atoms with Crippen molar-refractivity contribution in [1.82, 2.24) is 5.32 Å². The Labute approximate surface area is 124 Å². The fourth-order valence-corrected chi connectivity index (χ4v) is 1.37. The minimum atomic E-state index is -0.561. The van der Waals surface area contributed by atoms with E-state index in [0.717, 1.165) is 11.1 Å². The molecule has 0 spiro atoms. The molecular weight excluding hydrogens is 270 g/mol. The summed E-state index contributed by atoms with van der Waals surface area (Å²) in [6.45, 7) is 9.11. The number of ether oxygens (including phenoxy) is 2. The monoisotopic (exact) mass is 289 g/mol. The summed E-state index contributed by atoms with van der Waals surface area (Å²) in [5.74, 6) is -0.479. The Kier molecular flexibility index (Phi) is 6.74. The zero-order valence-corrected chi connectivity index (χ0v) is 12.1. The average molecular weight is 289 g/mol. The van der Waals surface area contributed by atoms with Crippen LogP contribution in [0.1, 0.15) is 18.1 Å². The summed E-state index contributed by atoms with van der Waals surface area (Å²) in [4.78, 5) is 22.5.